The van der Waals surface area contributed by atoms with Crippen LogP contribution < -0.4 is 10.5 Å². The van der Waals surface area contributed by atoms with E-state index in [1.54, 1.807) is 19.1 Å². The molecule has 10 heteroatoms. The third-order valence-electron chi connectivity index (χ3n) is 5.71. The summed E-state index contributed by atoms with van der Waals surface area (Å²) in [5.41, 5.74) is 2.75. The number of aliphatic hydroxyl groups is 1. The van der Waals surface area contributed by atoms with E-state index in [-0.39, 0.29) is 36.3 Å². The molecule has 1 amide bonds. The number of pyridine rings is 2. The van der Waals surface area contributed by atoms with E-state index in [1.165, 1.54) is 19.5 Å². The van der Waals surface area contributed by atoms with Crippen molar-refractivity contribution < 1.29 is 32.5 Å². The molecule has 1 aromatic carbocycles. The van der Waals surface area contributed by atoms with Crippen LogP contribution >= 0.6 is 0 Å². The molecule has 34 heavy (non-hydrogen) atoms. The maximum absolute atomic E-state index is 16.1. The van der Waals surface area contributed by atoms with Crippen LogP contribution in [0.3, 0.4) is 0 Å². The number of carbonyl (C=O) groups excluding carboxylic acids is 1. The zero-order valence-corrected chi connectivity index (χ0v) is 18.4. The summed E-state index contributed by atoms with van der Waals surface area (Å²) in [7, 11) is 1.23. The highest BCUT2D eigenvalue weighted by Gasteiger charge is 2.36. The second-order valence-electron chi connectivity index (χ2n) is 8.32. The molecule has 7 nitrogen and oxygen atoms in total. The molecule has 1 saturated heterocycles. The van der Waals surface area contributed by atoms with Crippen LogP contribution in [0.1, 0.15) is 41.9 Å². The molecule has 4 rings (SSSR count). The normalized spacial score (nSPS) is 20.2. The third-order valence-corrected chi connectivity index (χ3v) is 5.71. The van der Waals surface area contributed by atoms with Crippen LogP contribution in [0.2, 0.25) is 0 Å². The number of rotatable bonds is 5. The summed E-state index contributed by atoms with van der Waals surface area (Å²) in [6, 6.07) is 4.91. The predicted octanol–water partition coefficient (Wildman–Crippen LogP) is 3.94. The quantitative estimate of drug-likeness (QED) is 0.581. The van der Waals surface area contributed by atoms with Crippen molar-refractivity contribution >= 4 is 5.91 Å². The van der Waals surface area contributed by atoms with E-state index in [0.717, 1.165) is 12.1 Å². The number of aromatic nitrogens is 2. The number of benzene rings is 1. The predicted molar refractivity (Wildman–Crippen MR) is 116 cm³/mol. The maximum atomic E-state index is 16.1. The maximum Gasteiger partial charge on any atom is 0.267 e. The first kappa shape index (κ1) is 23.7. The van der Waals surface area contributed by atoms with Crippen molar-refractivity contribution in [2.45, 2.75) is 31.5 Å². The Balaban J connectivity index is 2.03. The first-order chi connectivity index (χ1) is 16.1. The Hall–Kier alpha value is -3.50. The van der Waals surface area contributed by atoms with Gasteiger partial charge >= 0.3 is 0 Å². The second kappa shape index (κ2) is 9.03. The van der Waals surface area contributed by atoms with Gasteiger partial charge in [-0.25, -0.2) is 18.2 Å². The molecule has 3 aromatic rings. The number of primary amides is 1. The van der Waals surface area contributed by atoms with Gasteiger partial charge in [0.25, 0.3) is 5.91 Å². The van der Waals surface area contributed by atoms with Crippen molar-refractivity contribution in [3.8, 4) is 28.1 Å². The Labute approximate surface area is 193 Å². The van der Waals surface area contributed by atoms with Gasteiger partial charge in [0.2, 0.25) is 0 Å². The average molecular weight is 473 g/mol. The molecule has 178 valence electrons. The minimum atomic E-state index is -1.13. The fourth-order valence-electron chi connectivity index (χ4n) is 4.03. The van der Waals surface area contributed by atoms with Gasteiger partial charge in [-0.05, 0) is 25.8 Å². The number of nitrogens with zero attached hydrogens (tertiary/aromatic N) is 2. The molecule has 1 fully saturated rings. The van der Waals surface area contributed by atoms with Gasteiger partial charge < -0.3 is 20.3 Å². The van der Waals surface area contributed by atoms with Crippen molar-refractivity contribution in [3.05, 3.63) is 65.4 Å². The second-order valence-corrected chi connectivity index (χ2v) is 8.32. The monoisotopic (exact) mass is 473 g/mol. The molecule has 0 aliphatic carbocycles. The summed E-state index contributed by atoms with van der Waals surface area (Å²) >= 11 is 0. The number of nitrogens with two attached hydrogens (primary N) is 1. The molecule has 0 radical (unpaired) electrons. The highest BCUT2D eigenvalue weighted by Crippen LogP contribution is 2.43. The lowest BCUT2D eigenvalue weighted by Gasteiger charge is -2.34. The van der Waals surface area contributed by atoms with Crippen LogP contribution in [0.25, 0.3) is 22.4 Å². The fourth-order valence-corrected chi connectivity index (χ4v) is 4.03. The lowest BCUT2D eigenvalue weighted by molar-refractivity contribution is -0.111. The summed E-state index contributed by atoms with van der Waals surface area (Å²) in [6.07, 6.45) is 2.37. The Bertz CT molecular complexity index is 1220. The first-order valence-corrected chi connectivity index (χ1v) is 10.4. The van der Waals surface area contributed by atoms with E-state index in [2.05, 4.69) is 9.97 Å². The van der Waals surface area contributed by atoms with Crippen molar-refractivity contribution in [2.24, 2.45) is 5.73 Å². The van der Waals surface area contributed by atoms with Gasteiger partial charge in [-0.2, -0.15) is 0 Å². The van der Waals surface area contributed by atoms with E-state index >= 15 is 4.39 Å². The molecule has 2 unspecified atom stereocenters. The van der Waals surface area contributed by atoms with Gasteiger partial charge in [-0.1, -0.05) is 6.07 Å². The number of hydrogen-bond donors (Lipinski definition) is 2. The number of amides is 1. The van der Waals surface area contributed by atoms with Crippen LogP contribution in [-0.2, 0) is 4.74 Å². The molecule has 0 spiro atoms. The molecule has 3 N–H and O–H groups in total. The summed E-state index contributed by atoms with van der Waals surface area (Å²) < 4.78 is 56.5. The summed E-state index contributed by atoms with van der Waals surface area (Å²) in [5, 5.41) is 10.3. The van der Waals surface area contributed by atoms with E-state index in [1.807, 2.05) is 0 Å². The molecule has 2 aromatic heterocycles. The largest absolute Gasteiger partial charge is 0.497 e. The molecular weight excluding hydrogens is 451 g/mol. The molecule has 1 aliphatic heterocycles. The van der Waals surface area contributed by atoms with Gasteiger partial charge in [0.05, 0.1) is 31.0 Å². The van der Waals surface area contributed by atoms with Crippen LogP contribution in [-0.4, -0.2) is 40.3 Å². The molecule has 3 heterocycles. The molecule has 1 aliphatic rings. The van der Waals surface area contributed by atoms with Crippen molar-refractivity contribution in [1.82, 2.24) is 9.97 Å². The van der Waals surface area contributed by atoms with Crippen LogP contribution in [0.15, 0.2) is 36.7 Å². The SMILES string of the molecule is COc1cc(F)c(-c2nc(C(N)=O)c(-c3cccnc3)c(C3CCC(C)(O)CO3)c2F)c(F)c1. The number of methoxy groups -OCH3 is 1. The molecule has 0 bridgehead atoms. The zero-order chi connectivity index (χ0) is 24.6. The van der Waals surface area contributed by atoms with Gasteiger partial charge in [0.15, 0.2) is 5.82 Å². The smallest absolute Gasteiger partial charge is 0.267 e. The summed E-state index contributed by atoms with van der Waals surface area (Å²) in [5.74, 6) is -4.48. The number of halogens is 3. The number of carbonyl (C=O) groups is 1. The van der Waals surface area contributed by atoms with Crippen LogP contribution in [0.4, 0.5) is 13.2 Å². The molecule has 2 atom stereocenters. The van der Waals surface area contributed by atoms with Crippen LogP contribution in [0.5, 0.6) is 5.75 Å². The van der Waals surface area contributed by atoms with E-state index < -0.39 is 52.0 Å². The van der Waals surface area contributed by atoms with Crippen molar-refractivity contribution in [1.29, 1.82) is 0 Å². The van der Waals surface area contributed by atoms with Crippen LogP contribution in [0, 0.1) is 17.5 Å². The highest BCUT2D eigenvalue weighted by atomic mass is 19.1. The third kappa shape index (κ3) is 4.34. The van der Waals surface area contributed by atoms with Gasteiger partial charge in [-0.15, -0.1) is 0 Å². The van der Waals surface area contributed by atoms with E-state index in [0.29, 0.717) is 5.56 Å². The van der Waals surface area contributed by atoms with E-state index in [4.69, 9.17) is 15.2 Å². The van der Waals surface area contributed by atoms with Crippen molar-refractivity contribution in [2.75, 3.05) is 13.7 Å². The van der Waals surface area contributed by atoms with E-state index in [9.17, 15) is 18.7 Å². The van der Waals surface area contributed by atoms with Gasteiger partial charge in [0, 0.05) is 41.2 Å². The topological polar surface area (TPSA) is 108 Å². The average Bonchev–Trinajstić information content (AvgIpc) is 2.80. The number of ether oxygens (including phenoxy) is 2. The minimum absolute atomic E-state index is 0.0164. The summed E-state index contributed by atoms with van der Waals surface area (Å²) in [6.45, 7) is 1.47. The first-order valence-electron chi connectivity index (χ1n) is 10.4. The van der Waals surface area contributed by atoms with Gasteiger partial charge in [-0.3, -0.25) is 9.78 Å². The summed E-state index contributed by atoms with van der Waals surface area (Å²) in [4.78, 5) is 20.4. The van der Waals surface area contributed by atoms with Gasteiger partial charge in [0.1, 0.15) is 28.8 Å². The Kier molecular flexibility index (Phi) is 6.28. The molecular formula is C24H22F3N3O4. The molecule has 0 saturated carbocycles. The minimum Gasteiger partial charge on any atom is -0.497 e. The zero-order valence-electron chi connectivity index (χ0n) is 18.4. The highest BCUT2D eigenvalue weighted by molar-refractivity contribution is 5.99. The van der Waals surface area contributed by atoms with Crippen molar-refractivity contribution in [3.63, 3.8) is 0 Å². The fraction of sp³-hybridized carbons (Fsp3) is 0.292. The lowest BCUT2D eigenvalue weighted by Crippen LogP contribution is -2.36. The Morgan fingerprint density at radius 3 is 2.50 bits per heavy atom. The standard InChI is InChI=1S/C24H22F3N3O4/c1-24(32)6-5-16(34-11-24)19-17(12-4-3-7-29-10-12)22(23(28)31)30-21(20(19)27)18-14(25)8-13(33-2)9-15(18)26/h3-4,7-10,16,32H,5-6,11H2,1-2H3,(H2,28,31). The number of hydrogen-bond acceptors (Lipinski definition) is 6. The Morgan fingerprint density at radius 2 is 1.97 bits per heavy atom. The Morgan fingerprint density at radius 1 is 1.26 bits per heavy atom. The lowest BCUT2D eigenvalue weighted by atomic mass is 9.87.